The van der Waals surface area contributed by atoms with Gasteiger partial charge in [-0.2, -0.15) is 0 Å². The maximum absolute atomic E-state index is 3.83. The van der Waals surface area contributed by atoms with Crippen LogP contribution in [-0.2, 0) is 0 Å². The fourth-order valence-corrected chi connectivity index (χ4v) is 4.95. The Hall–Kier alpha value is -1.94. The first-order chi connectivity index (χ1) is 11.3. The molecule has 0 amide bonds. The Morgan fingerprint density at radius 3 is 1.57 bits per heavy atom. The average Bonchev–Trinajstić information content (AvgIpc) is 2.63. The molecule has 2 atom stereocenters. The normalized spacial score (nSPS) is 11.3. The molecular formula is C20H19NP2. The van der Waals surface area contributed by atoms with Crippen molar-refractivity contribution in [2.75, 3.05) is 4.44 Å². The van der Waals surface area contributed by atoms with Gasteiger partial charge in [0.2, 0.25) is 0 Å². The minimum absolute atomic E-state index is 0.616. The lowest BCUT2D eigenvalue weighted by Crippen LogP contribution is -2.11. The molecule has 0 saturated heterocycles. The molecule has 0 saturated carbocycles. The van der Waals surface area contributed by atoms with Crippen molar-refractivity contribution in [3.05, 3.63) is 97.1 Å². The summed E-state index contributed by atoms with van der Waals surface area (Å²) in [5.74, 6) is 0. The first-order valence-corrected chi connectivity index (χ1v) is 9.40. The highest BCUT2D eigenvalue weighted by molar-refractivity contribution is 7.67. The SMILES string of the molecule is C=Cc1ccc(N(Pc2ccccc2)Pc2ccccc2)cc1. The Balaban J connectivity index is 1.86. The Morgan fingerprint density at radius 2 is 1.13 bits per heavy atom. The largest absolute Gasteiger partial charge is 0.326 e. The fraction of sp³-hybridized carbons (Fsp3) is 0. The van der Waals surface area contributed by atoms with Crippen molar-refractivity contribution in [1.29, 1.82) is 0 Å². The Labute approximate surface area is 141 Å². The van der Waals surface area contributed by atoms with E-state index in [0.29, 0.717) is 17.5 Å². The van der Waals surface area contributed by atoms with Gasteiger partial charge in [0, 0.05) is 23.2 Å². The van der Waals surface area contributed by atoms with Crippen LogP contribution in [0.1, 0.15) is 5.56 Å². The van der Waals surface area contributed by atoms with Gasteiger partial charge in [-0.3, -0.25) is 0 Å². The van der Waals surface area contributed by atoms with Crippen molar-refractivity contribution in [2.24, 2.45) is 0 Å². The van der Waals surface area contributed by atoms with Crippen molar-refractivity contribution < 1.29 is 0 Å². The molecule has 0 aliphatic rings. The molecule has 0 aromatic heterocycles. The van der Waals surface area contributed by atoms with Gasteiger partial charge in [0.15, 0.2) is 0 Å². The molecular weight excluding hydrogens is 316 g/mol. The minimum atomic E-state index is 0.616. The lowest BCUT2D eigenvalue weighted by Gasteiger charge is -2.24. The van der Waals surface area contributed by atoms with Gasteiger partial charge >= 0.3 is 0 Å². The van der Waals surface area contributed by atoms with Crippen molar-refractivity contribution >= 4 is 39.8 Å². The second-order valence-corrected chi connectivity index (χ2v) is 8.03. The Kier molecular flexibility index (Phi) is 5.59. The molecule has 0 aliphatic heterocycles. The predicted molar refractivity (Wildman–Crippen MR) is 108 cm³/mol. The van der Waals surface area contributed by atoms with E-state index >= 15 is 0 Å². The Bertz CT molecular complexity index is 698. The van der Waals surface area contributed by atoms with E-state index in [-0.39, 0.29) is 0 Å². The summed E-state index contributed by atoms with van der Waals surface area (Å²) in [5, 5.41) is 2.70. The highest BCUT2D eigenvalue weighted by Gasteiger charge is 2.08. The summed E-state index contributed by atoms with van der Waals surface area (Å²) in [6.45, 7) is 3.83. The van der Waals surface area contributed by atoms with Crippen LogP contribution in [0.3, 0.4) is 0 Å². The van der Waals surface area contributed by atoms with E-state index < -0.39 is 0 Å². The van der Waals surface area contributed by atoms with Gasteiger partial charge in [-0.15, -0.1) is 0 Å². The van der Waals surface area contributed by atoms with Crippen LogP contribution in [0.15, 0.2) is 91.5 Å². The lowest BCUT2D eigenvalue weighted by atomic mass is 10.2. The minimum Gasteiger partial charge on any atom is -0.326 e. The molecule has 0 fully saturated rings. The summed E-state index contributed by atoms with van der Waals surface area (Å²) in [6.07, 6.45) is 1.88. The predicted octanol–water partition coefficient (Wildman–Crippen LogP) is 4.97. The van der Waals surface area contributed by atoms with Crippen LogP contribution in [0.25, 0.3) is 6.08 Å². The highest BCUT2D eigenvalue weighted by Crippen LogP contribution is 2.37. The molecule has 3 rings (SSSR count). The molecule has 0 bridgehead atoms. The van der Waals surface area contributed by atoms with Crippen LogP contribution in [0.4, 0.5) is 5.69 Å². The topological polar surface area (TPSA) is 3.24 Å². The molecule has 3 aromatic carbocycles. The van der Waals surface area contributed by atoms with Crippen molar-refractivity contribution in [3.8, 4) is 0 Å². The Morgan fingerprint density at radius 1 is 0.652 bits per heavy atom. The van der Waals surface area contributed by atoms with Gasteiger partial charge in [0.25, 0.3) is 0 Å². The van der Waals surface area contributed by atoms with E-state index in [1.54, 1.807) is 0 Å². The highest BCUT2D eigenvalue weighted by atomic mass is 31.1. The summed E-state index contributed by atoms with van der Waals surface area (Å²) >= 11 is 0. The maximum atomic E-state index is 3.83. The smallest absolute Gasteiger partial charge is 0.0435 e. The average molecular weight is 335 g/mol. The monoisotopic (exact) mass is 335 g/mol. The molecule has 3 heteroatoms. The van der Waals surface area contributed by atoms with Gasteiger partial charge in [-0.1, -0.05) is 85.5 Å². The van der Waals surface area contributed by atoms with Crippen LogP contribution in [0.5, 0.6) is 0 Å². The number of anilines is 1. The van der Waals surface area contributed by atoms with Crippen molar-refractivity contribution in [1.82, 2.24) is 0 Å². The summed E-state index contributed by atoms with van der Waals surface area (Å²) in [6, 6.07) is 29.9. The van der Waals surface area contributed by atoms with Crippen LogP contribution < -0.4 is 15.1 Å². The zero-order valence-electron chi connectivity index (χ0n) is 12.8. The lowest BCUT2D eigenvalue weighted by molar-refractivity contribution is 1.57. The molecule has 0 spiro atoms. The third kappa shape index (κ3) is 4.52. The fourth-order valence-electron chi connectivity index (χ4n) is 2.20. The van der Waals surface area contributed by atoms with Crippen molar-refractivity contribution in [2.45, 2.75) is 0 Å². The van der Waals surface area contributed by atoms with Gasteiger partial charge < -0.3 is 4.44 Å². The summed E-state index contributed by atoms with van der Waals surface area (Å²) in [5.41, 5.74) is 2.40. The molecule has 0 N–H and O–H groups in total. The second kappa shape index (κ2) is 8.06. The number of nitrogens with zero attached hydrogens (tertiary/aromatic N) is 1. The van der Waals surface area contributed by atoms with Gasteiger partial charge in [-0.25, -0.2) is 0 Å². The molecule has 0 heterocycles. The third-order valence-electron chi connectivity index (χ3n) is 3.42. The van der Waals surface area contributed by atoms with Crippen LogP contribution in [0.2, 0.25) is 0 Å². The van der Waals surface area contributed by atoms with Crippen molar-refractivity contribution in [3.63, 3.8) is 0 Å². The zero-order chi connectivity index (χ0) is 15.9. The maximum Gasteiger partial charge on any atom is 0.0435 e. The van der Waals surface area contributed by atoms with E-state index in [2.05, 4.69) is 95.9 Å². The van der Waals surface area contributed by atoms with E-state index in [1.807, 2.05) is 6.08 Å². The van der Waals surface area contributed by atoms with Gasteiger partial charge in [0.1, 0.15) is 0 Å². The number of rotatable bonds is 6. The first kappa shape index (κ1) is 15.9. The standard InChI is InChI=1S/C20H19NP2/c1-2-17-13-15-18(16-14-17)21(22-19-9-5-3-6-10-19)23-20-11-7-4-8-12-20/h2-16,22-23H,1H2. The molecule has 1 nitrogen and oxygen atoms in total. The number of hydrogen-bond donors (Lipinski definition) is 0. The second-order valence-electron chi connectivity index (χ2n) is 5.09. The van der Waals surface area contributed by atoms with E-state index in [4.69, 9.17) is 0 Å². The number of hydrogen-bond acceptors (Lipinski definition) is 1. The molecule has 23 heavy (non-hydrogen) atoms. The first-order valence-electron chi connectivity index (χ1n) is 7.51. The summed E-state index contributed by atoms with van der Waals surface area (Å²) in [7, 11) is 1.23. The summed E-state index contributed by atoms with van der Waals surface area (Å²) in [4.78, 5) is 0. The summed E-state index contributed by atoms with van der Waals surface area (Å²) < 4.78 is 2.46. The molecule has 3 aromatic rings. The number of benzene rings is 3. The molecule has 2 unspecified atom stereocenters. The van der Waals surface area contributed by atoms with E-state index in [0.717, 1.165) is 5.56 Å². The quantitative estimate of drug-likeness (QED) is 0.575. The van der Waals surface area contributed by atoms with Crippen LogP contribution in [0, 0.1) is 0 Å². The van der Waals surface area contributed by atoms with Gasteiger partial charge in [-0.05, 0) is 28.3 Å². The molecule has 0 radical (unpaired) electrons. The molecule has 114 valence electrons. The van der Waals surface area contributed by atoms with E-state index in [1.165, 1.54) is 16.3 Å². The molecule has 0 aliphatic carbocycles. The van der Waals surface area contributed by atoms with E-state index in [9.17, 15) is 0 Å². The third-order valence-corrected chi connectivity index (χ3v) is 6.23. The van der Waals surface area contributed by atoms with Crippen LogP contribution >= 0.6 is 17.5 Å². The van der Waals surface area contributed by atoms with Gasteiger partial charge in [0.05, 0.1) is 0 Å². The zero-order valence-corrected chi connectivity index (χ0v) is 14.8. The van der Waals surface area contributed by atoms with Crippen LogP contribution in [-0.4, -0.2) is 0 Å².